The molecule has 0 bridgehead atoms. The van der Waals surface area contributed by atoms with Gasteiger partial charge in [0, 0.05) is 5.56 Å². The Morgan fingerprint density at radius 3 is 2.29 bits per heavy atom. The first-order valence-electron chi connectivity index (χ1n) is 9.08. The van der Waals surface area contributed by atoms with Gasteiger partial charge >= 0.3 is 0 Å². The van der Waals surface area contributed by atoms with Gasteiger partial charge in [-0.25, -0.2) is 0 Å². The summed E-state index contributed by atoms with van der Waals surface area (Å²) in [6.07, 6.45) is 0. The SMILES string of the molecule is COc1cccc([C@@H](CNC(=O)CN2C(=O)c3ccccc3C2=O)[NH+](C)C)c1. The molecule has 0 fully saturated rings. The zero-order chi connectivity index (χ0) is 20.3. The Kier molecular flexibility index (Phi) is 5.75. The second kappa shape index (κ2) is 8.22. The smallest absolute Gasteiger partial charge is 0.262 e. The molecule has 1 heterocycles. The lowest BCUT2D eigenvalue weighted by Gasteiger charge is -2.23. The number of likely N-dealkylation sites (N-methyl/N-ethyl adjacent to an activating group) is 1. The average molecular weight is 382 g/mol. The van der Waals surface area contributed by atoms with Gasteiger partial charge in [-0.3, -0.25) is 19.3 Å². The van der Waals surface area contributed by atoms with E-state index in [1.165, 1.54) is 0 Å². The number of nitrogens with one attached hydrogen (secondary N) is 2. The van der Waals surface area contributed by atoms with Gasteiger partial charge in [0.25, 0.3) is 11.8 Å². The van der Waals surface area contributed by atoms with Crippen LogP contribution in [0.2, 0.25) is 0 Å². The fourth-order valence-electron chi connectivity index (χ4n) is 3.31. The van der Waals surface area contributed by atoms with Crippen molar-refractivity contribution in [1.82, 2.24) is 10.2 Å². The Bertz CT molecular complexity index is 875. The van der Waals surface area contributed by atoms with Crippen LogP contribution in [0.25, 0.3) is 0 Å². The molecule has 1 aliphatic rings. The average Bonchev–Trinajstić information content (AvgIpc) is 2.93. The molecule has 0 aromatic heterocycles. The summed E-state index contributed by atoms with van der Waals surface area (Å²) in [5.41, 5.74) is 1.71. The molecule has 7 nitrogen and oxygen atoms in total. The summed E-state index contributed by atoms with van der Waals surface area (Å²) in [4.78, 5) is 39.3. The lowest BCUT2D eigenvalue weighted by molar-refractivity contribution is -0.890. The maximum Gasteiger partial charge on any atom is 0.262 e. The van der Waals surface area contributed by atoms with Crippen molar-refractivity contribution < 1.29 is 24.0 Å². The minimum atomic E-state index is -0.432. The zero-order valence-electron chi connectivity index (χ0n) is 16.2. The van der Waals surface area contributed by atoms with E-state index in [0.29, 0.717) is 17.7 Å². The number of hydrogen-bond acceptors (Lipinski definition) is 4. The van der Waals surface area contributed by atoms with Crippen LogP contribution in [0.4, 0.5) is 0 Å². The van der Waals surface area contributed by atoms with Gasteiger partial charge in [0.1, 0.15) is 18.3 Å². The van der Waals surface area contributed by atoms with E-state index in [0.717, 1.165) is 21.1 Å². The molecule has 0 saturated carbocycles. The summed E-state index contributed by atoms with van der Waals surface area (Å²) in [5, 5.41) is 2.85. The van der Waals surface area contributed by atoms with Gasteiger partial charge in [0.2, 0.25) is 5.91 Å². The van der Waals surface area contributed by atoms with E-state index in [1.807, 2.05) is 38.4 Å². The van der Waals surface area contributed by atoms with Gasteiger partial charge in [0.15, 0.2) is 0 Å². The molecule has 0 spiro atoms. The van der Waals surface area contributed by atoms with Crippen LogP contribution in [-0.2, 0) is 4.79 Å². The molecule has 1 aliphatic heterocycles. The number of quaternary nitrogens is 1. The van der Waals surface area contributed by atoms with E-state index in [-0.39, 0.29) is 18.5 Å². The molecule has 7 heteroatoms. The minimum absolute atomic E-state index is 0.00114. The minimum Gasteiger partial charge on any atom is -0.497 e. The zero-order valence-corrected chi connectivity index (χ0v) is 16.2. The highest BCUT2D eigenvalue weighted by atomic mass is 16.5. The van der Waals surface area contributed by atoms with Crippen molar-refractivity contribution in [2.24, 2.45) is 0 Å². The predicted octanol–water partition coefficient (Wildman–Crippen LogP) is 0.293. The van der Waals surface area contributed by atoms with Crippen molar-refractivity contribution in [3.63, 3.8) is 0 Å². The molecule has 2 N–H and O–H groups in total. The molecular weight excluding hydrogens is 358 g/mol. The maximum absolute atomic E-state index is 12.4. The van der Waals surface area contributed by atoms with E-state index in [4.69, 9.17) is 4.74 Å². The summed E-state index contributed by atoms with van der Waals surface area (Å²) < 4.78 is 5.28. The van der Waals surface area contributed by atoms with Crippen molar-refractivity contribution >= 4 is 17.7 Å². The lowest BCUT2D eigenvalue weighted by atomic mass is 10.1. The van der Waals surface area contributed by atoms with E-state index < -0.39 is 11.8 Å². The molecule has 2 aromatic carbocycles. The number of carbonyl (C=O) groups is 3. The van der Waals surface area contributed by atoms with Crippen LogP contribution in [0.15, 0.2) is 48.5 Å². The van der Waals surface area contributed by atoms with Crippen LogP contribution in [-0.4, -0.2) is 56.9 Å². The van der Waals surface area contributed by atoms with Crippen molar-refractivity contribution in [1.29, 1.82) is 0 Å². The van der Waals surface area contributed by atoms with Crippen molar-refractivity contribution in [2.75, 3.05) is 34.3 Å². The highest BCUT2D eigenvalue weighted by molar-refractivity contribution is 6.22. The van der Waals surface area contributed by atoms with Crippen molar-refractivity contribution in [3.05, 3.63) is 65.2 Å². The quantitative estimate of drug-likeness (QED) is 0.675. The van der Waals surface area contributed by atoms with Gasteiger partial charge in [0.05, 0.1) is 38.9 Å². The Labute approximate surface area is 163 Å². The summed E-state index contributed by atoms with van der Waals surface area (Å²) in [6, 6.07) is 14.3. The molecule has 2 aromatic rings. The van der Waals surface area contributed by atoms with E-state index in [1.54, 1.807) is 31.4 Å². The highest BCUT2D eigenvalue weighted by Crippen LogP contribution is 2.22. The van der Waals surface area contributed by atoms with Gasteiger partial charge in [-0.05, 0) is 24.3 Å². The number of amides is 3. The molecule has 0 radical (unpaired) electrons. The Morgan fingerprint density at radius 1 is 1.07 bits per heavy atom. The molecule has 3 amide bonds. The van der Waals surface area contributed by atoms with Crippen LogP contribution >= 0.6 is 0 Å². The van der Waals surface area contributed by atoms with Gasteiger partial charge in [-0.2, -0.15) is 0 Å². The second-order valence-corrected chi connectivity index (χ2v) is 6.95. The number of hydrogen-bond donors (Lipinski definition) is 2. The largest absolute Gasteiger partial charge is 0.497 e. The summed E-state index contributed by atoms with van der Waals surface area (Å²) >= 11 is 0. The first-order chi connectivity index (χ1) is 13.4. The topological polar surface area (TPSA) is 80.2 Å². The predicted molar refractivity (Wildman–Crippen MR) is 103 cm³/mol. The van der Waals surface area contributed by atoms with Crippen LogP contribution in [0, 0.1) is 0 Å². The number of methoxy groups -OCH3 is 1. The van der Waals surface area contributed by atoms with Gasteiger partial charge < -0.3 is 15.0 Å². The number of imide groups is 1. The van der Waals surface area contributed by atoms with Gasteiger partial charge in [-0.15, -0.1) is 0 Å². The molecule has 1 atom stereocenters. The standard InChI is InChI=1S/C21H23N3O4/c1-23(2)18(14-7-6-8-15(11-14)28-3)12-22-19(25)13-24-20(26)16-9-4-5-10-17(16)21(24)27/h4-11,18H,12-13H2,1-3H3,(H,22,25)/p+1/t18-/m1/s1. The second-order valence-electron chi connectivity index (χ2n) is 6.95. The third kappa shape index (κ3) is 3.89. The number of nitrogens with zero attached hydrogens (tertiary/aromatic N) is 1. The molecule has 0 saturated heterocycles. The van der Waals surface area contributed by atoms with Crippen molar-refractivity contribution in [3.8, 4) is 5.75 Å². The van der Waals surface area contributed by atoms with E-state index >= 15 is 0 Å². The summed E-state index contributed by atoms with van der Waals surface area (Å²) in [7, 11) is 5.61. The Morgan fingerprint density at radius 2 is 1.71 bits per heavy atom. The maximum atomic E-state index is 12.4. The Balaban J connectivity index is 1.64. The summed E-state index contributed by atoms with van der Waals surface area (Å²) in [5.74, 6) is -0.485. The first-order valence-corrected chi connectivity index (χ1v) is 9.08. The molecule has 0 unspecified atom stereocenters. The molecule has 28 heavy (non-hydrogen) atoms. The molecule has 3 rings (SSSR count). The lowest BCUT2D eigenvalue weighted by Crippen LogP contribution is -3.07. The van der Waals surface area contributed by atoms with Crippen LogP contribution in [0.5, 0.6) is 5.75 Å². The fraction of sp³-hybridized carbons (Fsp3) is 0.286. The first kappa shape index (κ1) is 19.6. The third-order valence-electron chi connectivity index (χ3n) is 4.88. The van der Waals surface area contributed by atoms with Gasteiger partial charge in [-0.1, -0.05) is 24.3 Å². The summed E-state index contributed by atoms with van der Waals surface area (Å²) in [6.45, 7) is 0.0808. The molecular formula is C21H24N3O4+. The molecule has 0 aliphatic carbocycles. The van der Waals surface area contributed by atoms with Crippen LogP contribution in [0.3, 0.4) is 0 Å². The number of benzene rings is 2. The monoisotopic (exact) mass is 382 g/mol. The van der Waals surface area contributed by atoms with E-state index in [9.17, 15) is 14.4 Å². The van der Waals surface area contributed by atoms with Crippen molar-refractivity contribution in [2.45, 2.75) is 6.04 Å². The number of fused-ring (bicyclic) bond motifs is 1. The number of ether oxygens (including phenoxy) is 1. The fourth-order valence-corrected chi connectivity index (χ4v) is 3.31. The Hall–Kier alpha value is -3.19. The van der Waals surface area contributed by atoms with Crippen LogP contribution < -0.4 is 15.0 Å². The third-order valence-corrected chi connectivity index (χ3v) is 4.88. The normalized spacial score (nSPS) is 14.2. The number of rotatable bonds is 7. The molecule has 146 valence electrons. The number of carbonyl (C=O) groups excluding carboxylic acids is 3. The highest BCUT2D eigenvalue weighted by Gasteiger charge is 2.36. The van der Waals surface area contributed by atoms with Crippen LogP contribution in [0.1, 0.15) is 32.3 Å². The van der Waals surface area contributed by atoms with E-state index in [2.05, 4.69) is 5.32 Å².